The van der Waals surface area contributed by atoms with E-state index in [-0.39, 0.29) is 11.3 Å². The number of rotatable bonds is 4. The number of ketones is 1. The fraction of sp³-hybridized carbons (Fsp3) is 0.200. The van der Waals surface area contributed by atoms with Crippen LogP contribution in [0.4, 0.5) is 0 Å². The number of aryl methyl sites for hydroxylation is 1. The predicted octanol–water partition coefficient (Wildman–Crippen LogP) is 4.79. The second kappa shape index (κ2) is 7.16. The Morgan fingerprint density at radius 2 is 1.71 bits per heavy atom. The van der Waals surface area contributed by atoms with Gasteiger partial charge in [0.2, 0.25) is 0 Å². The maximum atomic E-state index is 13.2. The molecule has 156 valence electrons. The van der Waals surface area contributed by atoms with Gasteiger partial charge < -0.3 is 20.0 Å². The maximum absolute atomic E-state index is 13.2. The van der Waals surface area contributed by atoms with Gasteiger partial charge in [-0.15, -0.1) is 0 Å². The second-order valence-corrected chi connectivity index (χ2v) is 7.95. The number of carbonyl (C=O) groups excluding carboxylic acids is 2. The smallest absolute Gasteiger partial charge is 0.295 e. The largest absolute Gasteiger partial charge is 0.507 e. The van der Waals surface area contributed by atoms with Crippen molar-refractivity contribution < 1.29 is 14.7 Å². The highest BCUT2D eigenvalue weighted by Gasteiger charge is 2.47. The number of H-pyrrole nitrogens is 2. The third-order valence-corrected chi connectivity index (χ3v) is 6.07. The molecule has 1 fully saturated rings. The Kier molecular flexibility index (Phi) is 4.43. The van der Waals surface area contributed by atoms with Crippen molar-refractivity contribution in [3.8, 4) is 0 Å². The van der Waals surface area contributed by atoms with Crippen LogP contribution in [0.5, 0.6) is 0 Å². The molecule has 1 saturated heterocycles. The van der Waals surface area contributed by atoms with E-state index in [0.29, 0.717) is 18.5 Å². The van der Waals surface area contributed by atoms with Crippen molar-refractivity contribution in [3.05, 3.63) is 77.1 Å². The van der Waals surface area contributed by atoms with Crippen LogP contribution >= 0.6 is 0 Å². The molecule has 5 rings (SSSR count). The second-order valence-electron chi connectivity index (χ2n) is 7.95. The maximum Gasteiger partial charge on any atom is 0.295 e. The molecule has 0 saturated carbocycles. The molecule has 0 bridgehead atoms. The standard InChI is InChI=1S/C25H23N3O3/c1-3-12-28-22(20-14(2)27-19-11-7-5-9-16(19)20)21(24(30)25(28)31)23(29)17-13-26-18-10-6-4-8-15(17)18/h4-11,13,22,26-27,29H,3,12H2,1-2H3/b23-21+. The summed E-state index contributed by atoms with van der Waals surface area (Å²) in [4.78, 5) is 34.3. The highest BCUT2D eigenvalue weighted by atomic mass is 16.3. The van der Waals surface area contributed by atoms with Crippen LogP contribution in [0.3, 0.4) is 0 Å². The molecule has 0 radical (unpaired) electrons. The molecule has 3 N–H and O–H groups in total. The number of nitrogens with zero attached hydrogens (tertiary/aromatic N) is 1. The molecule has 2 aromatic carbocycles. The van der Waals surface area contributed by atoms with Crippen LogP contribution in [0.1, 0.15) is 36.2 Å². The number of nitrogens with one attached hydrogen (secondary N) is 2. The topological polar surface area (TPSA) is 89.2 Å². The highest BCUT2D eigenvalue weighted by Crippen LogP contribution is 2.44. The number of aliphatic hydroxyl groups excluding tert-OH is 1. The Morgan fingerprint density at radius 3 is 2.45 bits per heavy atom. The Balaban J connectivity index is 1.80. The van der Waals surface area contributed by atoms with Gasteiger partial charge in [-0.25, -0.2) is 0 Å². The zero-order valence-electron chi connectivity index (χ0n) is 17.4. The van der Waals surface area contributed by atoms with Crippen LogP contribution in [0, 0.1) is 6.92 Å². The first-order valence-corrected chi connectivity index (χ1v) is 10.4. The lowest BCUT2D eigenvalue weighted by Crippen LogP contribution is -2.30. The van der Waals surface area contributed by atoms with Crippen LogP contribution in [0.2, 0.25) is 0 Å². The van der Waals surface area contributed by atoms with Crippen molar-refractivity contribution in [2.24, 2.45) is 0 Å². The number of carbonyl (C=O) groups is 2. The van der Waals surface area contributed by atoms with Gasteiger partial charge >= 0.3 is 0 Å². The third kappa shape index (κ3) is 2.79. The molecular formula is C25H23N3O3. The van der Waals surface area contributed by atoms with Gasteiger partial charge in [0.15, 0.2) is 0 Å². The molecule has 1 amide bonds. The average Bonchev–Trinajstić information content (AvgIpc) is 3.41. The summed E-state index contributed by atoms with van der Waals surface area (Å²) in [7, 11) is 0. The van der Waals surface area contributed by atoms with Gasteiger partial charge in [-0.3, -0.25) is 9.59 Å². The molecule has 6 nitrogen and oxygen atoms in total. The Morgan fingerprint density at radius 1 is 1.03 bits per heavy atom. The predicted molar refractivity (Wildman–Crippen MR) is 121 cm³/mol. The number of benzene rings is 2. The molecule has 1 atom stereocenters. The number of para-hydroxylation sites is 2. The fourth-order valence-electron chi connectivity index (χ4n) is 4.71. The SMILES string of the molecule is CCCN1C(=O)C(=O)/C(=C(/O)c2c[nH]c3ccccc23)C1c1c(C)[nH]c2ccccc12. The lowest BCUT2D eigenvalue weighted by atomic mass is 9.93. The number of aromatic amines is 2. The van der Waals surface area contributed by atoms with Crippen LogP contribution in [-0.2, 0) is 9.59 Å². The first kappa shape index (κ1) is 19.2. The first-order valence-electron chi connectivity index (χ1n) is 10.4. The van der Waals surface area contributed by atoms with Crippen molar-refractivity contribution in [3.63, 3.8) is 0 Å². The van der Waals surface area contributed by atoms with Gasteiger partial charge in [0, 0.05) is 51.4 Å². The van der Waals surface area contributed by atoms with Crippen molar-refractivity contribution in [2.45, 2.75) is 26.3 Å². The molecule has 1 aliphatic rings. The van der Waals surface area contributed by atoms with Gasteiger partial charge in [0.1, 0.15) is 5.76 Å². The first-order chi connectivity index (χ1) is 15.0. The number of hydrogen-bond donors (Lipinski definition) is 3. The summed E-state index contributed by atoms with van der Waals surface area (Å²) in [5.41, 5.74) is 4.17. The van der Waals surface area contributed by atoms with Gasteiger partial charge in [0.05, 0.1) is 11.6 Å². The van der Waals surface area contributed by atoms with E-state index < -0.39 is 17.7 Å². The Bertz CT molecular complexity index is 1380. The minimum atomic E-state index is -0.648. The van der Waals surface area contributed by atoms with Gasteiger partial charge in [-0.2, -0.15) is 0 Å². The highest BCUT2D eigenvalue weighted by molar-refractivity contribution is 6.47. The molecule has 2 aromatic heterocycles. The van der Waals surface area contributed by atoms with E-state index in [9.17, 15) is 14.7 Å². The number of aromatic nitrogens is 2. The number of amides is 1. The van der Waals surface area contributed by atoms with E-state index >= 15 is 0 Å². The Labute approximate surface area is 179 Å². The molecule has 6 heteroatoms. The van der Waals surface area contributed by atoms with Crippen LogP contribution in [0.25, 0.3) is 27.6 Å². The molecule has 31 heavy (non-hydrogen) atoms. The summed E-state index contributed by atoms with van der Waals surface area (Å²) in [5.74, 6) is -1.37. The third-order valence-electron chi connectivity index (χ3n) is 6.07. The average molecular weight is 413 g/mol. The monoisotopic (exact) mass is 413 g/mol. The van der Waals surface area contributed by atoms with Crippen LogP contribution < -0.4 is 0 Å². The van der Waals surface area contributed by atoms with E-state index in [1.807, 2.05) is 62.4 Å². The van der Waals surface area contributed by atoms with Gasteiger partial charge in [-0.1, -0.05) is 43.3 Å². The quantitative estimate of drug-likeness (QED) is 0.255. The molecule has 0 aliphatic carbocycles. The molecule has 1 aliphatic heterocycles. The molecule has 1 unspecified atom stereocenters. The van der Waals surface area contributed by atoms with E-state index in [1.165, 1.54) is 0 Å². The number of likely N-dealkylation sites (tertiary alicyclic amines) is 1. The number of aliphatic hydroxyl groups is 1. The molecular weight excluding hydrogens is 390 g/mol. The Hall–Kier alpha value is -3.80. The van der Waals surface area contributed by atoms with E-state index in [1.54, 1.807) is 11.1 Å². The molecule has 0 spiro atoms. The zero-order valence-corrected chi connectivity index (χ0v) is 17.4. The summed E-state index contributed by atoms with van der Waals surface area (Å²) in [6, 6.07) is 14.7. The van der Waals surface area contributed by atoms with Crippen molar-refractivity contribution in [2.75, 3.05) is 6.54 Å². The number of fused-ring (bicyclic) bond motifs is 2. The van der Waals surface area contributed by atoms with Crippen LogP contribution in [-0.4, -0.2) is 38.2 Å². The summed E-state index contributed by atoms with van der Waals surface area (Å²) in [6.07, 6.45) is 2.39. The van der Waals surface area contributed by atoms with Gasteiger partial charge in [-0.05, 0) is 25.5 Å². The summed E-state index contributed by atoms with van der Waals surface area (Å²) in [6.45, 7) is 4.34. The van der Waals surface area contributed by atoms with Gasteiger partial charge in [0.25, 0.3) is 11.7 Å². The lowest BCUT2D eigenvalue weighted by Gasteiger charge is -2.25. The zero-order chi connectivity index (χ0) is 21.7. The fourth-order valence-corrected chi connectivity index (χ4v) is 4.71. The van der Waals surface area contributed by atoms with Crippen LogP contribution in [0.15, 0.2) is 60.3 Å². The van der Waals surface area contributed by atoms with Crippen molar-refractivity contribution in [1.29, 1.82) is 0 Å². The van der Waals surface area contributed by atoms with E-state index in [0.717, 1.165) is 33.1 Å². The van der Waals surface area contributed by atoms with Crippen molar-refractivity contribution in [1.82, 2.24) is 14.9 Å². The number of Topliss-reactive ketones (excluding diaryl/α,β-unsaturated/α-hetero) is 1. The molecule has 3 heterocycles. The lowest BCUT2D eigenvalue weighted by molar-refractivity contribution is -0.139. The van der Waals surface area contributed by atoms with E-state index in [4.69, 9.17) is 0 Å². The van der Waals surface area contributed by atoms with Crippen molar-refractivity contribution >= 4 is 39.3 Å². The van der Waals surface area contributed by atoms with E-state index in [2.05, 4.69) is 9.97 Å². The summed E-state index contributed by atoms with van der Waals surface area (Å²) >= 11 is 0. The number of hydrogen-bond acceptors (Lipinski definition) is 3. The normalized spacial score (nSPS) is 18.5. The minimum Gasteiger partial charge on any atom is -0.507 e. The summed E-state index contributed by atoms with van der Waals surface area (Å²) in [5, 5.41) is 13.1. The summed E-state index contributed by atoms with van der Waals surface area (Å²) < 4.78 is 0. The minimum absolute atomic E-state index is 0.135. The molecule has 4 aromatic rings.